The van der Waals surface area contributed by atoms with Gasteiger partial charge in [0.05, 0.1) is 0 Å². The molecule has 0 saturated heterocycles. The third-order valence-corrected chi connectivity index (χ3v) is 5.27. The van der Waals surface area contributed by atoms with Crippen LogP contribution in [0.5, 0.6) is 0 Å². The van der Waals surface area contributed by atoms with Crippen LogP contribution in [-0.2, 0) is 23.2 Å². The second-order valence-corrected chi connectivity index (χ2v) is 6.55. The van der Waals surface area contributed by atoms with E-state index in [9.17, 15) is 0 Å². The van der Waals surface area contributed by atoms with Crippen LogP contribution in [0.2, 0.25) is 0 Å². The minimum absolute atomic E-state index is 0. The average Bonchev–Trinajstić information content (AvgIpc) is 2.60. The van der Waals surface area contributed by atoms with Gasteiger partial charge < -0.3 is 1.43 Å². The predicted molar refractivity (Wildman–Crippen MR) is 44.8 cm³/mol. The molecule has 0 atom stereocenters. The van der Waals surface area contributed by atoms with Crippen LogP contribution >= 0.6 is 0 Å². The fourth-order valence-electron chi connectivity index (χ4n) is 1.29. The van der Waals surface area contributed by atoms with Crippen molar-refractivity contribution < 1.29 is 24.7 Å². The molecule has 2 aliphatic rings. The second kappa shape index (κ2) is 3.49. The molecule has 0 unspecified atom stereocenters. The molecule has 0 fully saturated rings. The van der Waals surface area contributed by atoms with E-state index in [1.165, 1.54) is 12.8 Å². The van der Waals surface area contributed by atoms with Crippen molar-refractivity contribution >= 4 is 0 Å². The van der Waals surface area contributed by atoms with Crippen LogP contribution in [0.15, 0.2) is 43.0 Å². The maximum absolute atomic E-state index is 2.31. The normalized spacial score (nSPS) is 20.0. The van der Waals surface area contributed by atoms with Gasteiger partial charge in [0, 0.05) is 0 Å². The Balaban J connectivity index is 0.000000720. The monoisotopic (exact) mass is 221 g/mol. The van der Waals surface area contributed by atoms with Gasteiger partial charge in [0.25, 0.3) is 0 Å². The second-order valence-electron chi connectivity index (χ2n) is 2.77. The molecule has 2 rings (SSSR count). The van der Waals surface area contributed by atoms with E-state index in [2.05, 4.69) is 36.5 Å². The molecule has 0 amide bonds. The fraction of sp³-hybridized carbons (Fsp3) is 0.200. The molecular formula is C10H11Zr. The van der Waals surface area contributed by atoms with Crippen LogP contribution < -0.4 is 0 Å². The largest absolute Gasteiger partial charge is 1.00 e. The minimum atomic E-state index is -0.312. The summed E-state index contributed by atoms with van der Waals surface area (Å²) < 4.78 is 3.45. The Morgan fingerprint density at radius 1 is 1.00 bits per heavy atom. The minimum Gasteiger partial charge on any atom is -1.00 e. The zero-order valence-electron chi connectivity index (χ0n) is 7.38. The van der Waals surface area contributed by atoms with E-state index >= 15 is 0 Å². The zero-order chi connectivity index (χ0) is 7.52. The molecule has 0 N–H and O–H groups in total. The first kappa shape index (κ1) is 7.49. The molecule has 55 valence electrons. The van der Waals surface area contributed by atoms with Gasteiger partial charge in [-0.1, -0.05) is 0 Å². The van der Waals surface area contributed by atoms with Crippen molar-refractivity contribution in [3.05, 3.63) is 43.0 Å². The summed E-state index contributed by atoms with van der Waals surface area (Å²) in [5, 5.41) is 0. The van der Waals surface area contributed by atoms with E-state index in [1.807, 2.05) is 0 Å². The molecule has 0 nitrogen and oxygen atoms in total. The first-order chi connectivity index (χ1) is 5.45. The number of hydrogen-bond donors (Lipinski definition) is 0. The summed E-state index contributed by atoms with van der Waals surface area (Å²) in [6.45, 7) is 0. The average molecular weight is 222 g/mol. The maximum Gasteiger partial charge on any atom is -1.00 e. The molecule has 0 bridgehead atoms. The van der Waals surface area contributed by atoms with Gasteiger partial charge in [-0.15, -0.1) is 0 Å². The molecular weight excluding hydrogens is 211 g/mol. The van der Waals surface area contributed by atoms with Gasteiger partial charge in [-0.2, -0.15) is 0 Å². The Morgan fingerprint density at radius 3 is 1.91 bits per heavy atom. The van der Waals surface area contributed by atoms with Crippen molar-refractivity contribution in [2.45, 2.75) is 12.8 Å². The summed E-state index contributed by atoms with van der Waals surface area (Å²) in [7, 11) is 0. The van der Waals surface area contributed by atoms with Crippen LogP contribution in [0.4, 0.5) is 0 Å². The van der Waals surface area contributed by atoms with E-state index in [0.717, 1.165) is 0 Å². The summed E-state index contributed by atoms with van der Waals surface area (Å²) in [6.07, 6.45) is 16.0. The molecule has 0 heterocycles. The SMILES string of the molecule is C1=CC[C]([Zr+][C]2=CC=CC2)=C1.[H-]. The van der Waals surface area contributed by atoms with Crippen LogP contribution in [0.25, 0.3) is 0 Å². The predicted octanol–water partition coefficient (Wildman–Crippen LogP) is 2.87. The quantitative estimate of drug-likeness (QED) is 0.674. The third kappa shape index (κ3) is 1.90. The zero-order valence-corrected chi connectivity index (χ0v) is 8.84. The Hall–Kier alpha value is -0.157. The van der Waals surface area contributed by atoms with Crippen molar-refractivity contribution in [3.63, 3.8) is 0 Å². The molecule has 0 aromatic carbocycles. The number of hydrogen-bond acceptors (Lipinski definition) is 0. The molecule has 2 aliphatic carbocycles. The first-order valence-corrected chi connectivity index (χ1v) is 6.39. The van der Waals surface area contributed by atoms with Crippen molar-refractivity contribution in [3.8, 4) is 0 Å². The van der Waals surface area contributed by atoms with Crippen LogP contribution in [-0.4, -0.2) is 0 Å². The van der Waals surface area contributed by atoms with E-state index < -0.39 is 0 Å². The Labute approximate surface area is 80.4 Å². The molecule has 0 saturated carbocycles. The number of rotatable bonds is 2. The molecule has 0 spiro atoms. The molecule has 0 aromatic rings. The summed E-state index contributed by atoms with van der Waals surface area (Å²) in [5.41, 5.74) is 0. The summed E-state index contributed by atoms with van der Waals surface area (Å²) in [5.74, 6) is 0. The van der Waals surface area contributed by atoms with Crippen LogP contribution in [0.1, 0.15) is 14.3 Å². The van der Waals surface area contributed by atoms with Crippen LogP contribution in [0.3, 0.4) is 0 Å². The summed E-state index contributed by atoms with van der Waals surface area (Å²) in [4.78, 5) is 0. The first-order valence-electron chi connectivity index (χ1n) is 3.93. The Morgan fingerprint density at radius 2 is 1.55 bits per heavy atom. The van der Waals surface area contributed by atoms with Gasteiger partial charge in [-0.25, -0.2) is 0 Å². The summed E-state index contributed by atoms with van der Waals surface area (Å²) >= 11 is -0.312. The van der Waals surface area contributed by atoms with Gasteiger partial charge >= 0.3 is 79.1 Å². The van der Waals surface area contributed by atoms with Gasteiger partial charge in [-0.3, -0.25) is 0 Å². The van der Waals surface area contributed by atoms with Gasteiger partial charge in [0.15, 0.2) is 0 Å². The summed E-state index contributed by atoms with van der Waals surface area (Å²) in [6, 6.07) is 0. The fourth-order valence-corrected chi connectivity index (χ4v) is 4.26. The van der Waals surface area contributed by atoms with Crippen molar-refractivity contribution in [2.24, 2.45) is 0 Å². The van der Waals surface area contributed by atoms with Gasteiger partial charge in [0.2, 0.25) is 0 Å². The third-order valence-electron chi connectivity index (χ3n) is 1.86. The van der Waals surface area contributed by atoms with Crippen molar-refractivity contribution in [1.82, 2.24) is 0 Å². The molecule has 1 heteroatoms. The van der Waals surface area contributed by atoms with Gasteiger partial charge in [0.1, 0.15) is 0 Å². The van der Waals surface area contributed by atoms with E-state index in [-0.39, 0.29) is 24.7 Å². The van der Waals surface area contributed by atoms with Gasteiger partial charge in [-0.05, 0) is 0 Å². The van der Waals surface area contributed by atoms with E-state index in [1.54, 1.807) is 6.56 Å². The Bertz CT molecular complexity index is 244. The standard InChI is InChI=1S/2C5H5.Zr.H/c2*1-2-4-5-3-1;;/h2*1-3H,4H2;;/q;;+1;-1. The smallest absolute Gasteiger partial charge is 1.00 e. The number of allylic oxidation sites excluding steroid dienone is 8. The van der Waals surface area contributed by atoms with Crippen molar-refractivity contribution in [1.29, 1.82) is 0 Å². The Kier molecular flexibility index (Phi) is 2.38. The molecule has 0 radical (unpaired) electrons. The van der Waals surface area contributed by atoms with E-state index in [4.69, 9.17) is 0 Å². The maximum atomic E-state index is 2.31. The van der Waals surface area contributed by atoms with E-state index in [0.29, 0.717) is 0 Å². The molecule has 11 heavy (non-hydrogen) atoms. The van der Waals surface area contributed by atoms with Crippen LogP contribution in [0, 0.1) is 0 Å². The topological polar surface area (TPSA) is 0 Å². The van der Waals surface area contributed by atoms with Crippen molar-refractivity contribution in [2.75, 3.05) is 0 Å². The molecule has 0 aromatic heterocycles. The molecule has 0 aliphatic heterocycles.